The van der Waals surface area contributed by atoms with Crippen LogP contribution < -0.4 is 16.0 Å². The van der Waals surface area contributed by atoms with Crippen LogP contribution in [-0.2, 0) is 0 Å². The van der Waals surface area contributed by atoms with Gasteiger partial charge < -0.3 is 16.0 Å². The second-order valence-electron chi connectivity index (χ2n) is 4.79. The molecule has 0 aliphatic carbocycles. The molecule has 3 amide bonds. The number of nitrogens with one attached hydrogen (secondary N) is 4. The van der Waals surface area contributed by atoms with E-state index in [0.717, 1.165) is 5.56 Å². The van der Waals surface area contributed by atoms with Gasteiger partial charge in [-0.25, -0.2) is 4.79 Å². The second kappa shape index (κ2) is 7.26. The highest BCUT2D eigenvalue weighted by Crippen LogP contribution is 2.12. The van der Waals surface area contributed by atoms with Gasteiger partial charge in [0.1, 0.15) is 0 Å². The zero-order chi connectivity index (χ0) is 15.9. The van der Waals surface area contributed by atoms with Crippen molar-refractivity contribution in [2.75, 3.05) is 11.9 Å². The van der Waals surface area contributed by atoms with Gasteiger partial charge in [0.2, 0.25) is 0 Å². The van der Waals surface area contributed by atoms with Crippen LogP contribution in [-0.4, -0.2) is 28.7 Å². The van der Waals surface area contributed by atoms with E-state index in [4.69, 9.17) is 0 Å². The Hall–Kier alpha value is -2.83. The second-order valence-corrected chi connectivity index (χ2v) is 4.79. The molecule has 0 fully saturated rings. The van der Waals surface area contributed by atoms with Crippen LogP contribution in [0.1, 0.15) is 35.8 Å². The van der Waals surface area contributed by atoms with Crippen LogP contribution in [0.3, 0.4) is 0 Å². The lowest BCUT2D eigenvalue weighted by atomic mass is 10.2. The van der Waals surface area contributed by atoms with Gasteiger partial charge in [-0.15, -0.1) is 0 Å². The van der Waals surface area contributed by atoms with Crippen molar-refractivity contribution in [3.63, 3.8) is 0 Å². The van der Waals surface area contributed by atoms with Crippen LogP contribution in [0, 0.1) is 0 Å². The fraction of sp³-hybridized carbons (Fsp3) is 0.267. The number of amides is 3. The molecular formula is C15H19N5O2. The van der Waals surface area contributed by atoms with E-state index in [1.54, 1.807) is 36.7 Å². The zero-order valence-corrected chi connectivity index (χ0v) is 12.5. The summed E-state index contributed by atoms with van der Waals surface area (Å²) in [5.41, 5.74) is 2.06. The van der Waals surface area contributed by atoms with E-state index in [-0.39, 0.29) is 18.0 Å². The van der Waals surface area contributed by atoms with Gasteiger partial charge >= 0.3 is 6.03 Å². The number of urea groups is 1. The summed E-state index contributed by atoms with van der Waals surface area (Å²) >= 11 is 0. The minimum absolute atomic E-state index is 0.132. The van der Waals surface area contributed by atoms with Crippen molar-refractivity contribution in [3.05, 3.63) is 47.8 Å². The highest BCUT2D eigenvalue weighted by Gasteiger charge is 2.10. The average molecular weight is 301 g/mol. The Labute approximate surface area is 128 Å². The molecular weight excluding hydrogens is 282 g/mol. The van der Waals surface area contributed by atoms with Crippen LogP contribution in [0.15, 0.2) is 36.7 Å². The lowest BCUT2D eigenvalue weighted by Crippen LogP contribution is -2.31. The highest BCUT2D eigenvalue weighted by atomic mass is 16.2. The molecule has 0 saturated heterocycles. The fourth-order valence-corrected chi connectivity index (χ4v) is 1.91. The Balaban J connectivity index is 1.90. The standard InChI is InChI=1S/C15H19N5O2/c1-3-16-14(21)11-4-6-13(7-5-11)20-15(22)19-10(2)12-8-17-18-9-12/h4-10H,3H2,1-2H3,(H,16,21)(H,17,18)(H2,19,20,22). The highest BCUT2D eigenvalue weighted by molar-refractivity contribution is 5.95. The van der Waals surface area contributed by atoms with Crippen molar-refractivity contribution in [1.82, 2.24) is 20.8 Å². The molecule has 1 atom stereocenters. The Morgan fingerprint density at radius 3 is 2.59 bits per heavy atom. The van der Waals surface area contributed by atoms with E-state index in [1.807, 2.05) is 13.8 Å². The monoisotopic (exact) mass is 301 g/mol. The van der Waals surface area contributed by atoms with Crippen LogP contribution >= 0.6 is 0 Å². The number of hydrogen-bond donors (Lipinski definition) is 4. The first-order valence-electron chi connectivity index (χ1n) is 7.04. The molecule has 116 valence electrons. The summed E-state index contributed by atoms with van der Waals surface area (Å²) in [5, 5.41) is 14.8. The lowest BCUT2D eigenvalue weighted by Gasteiger charge is -2.13. The number of aromatic amines is 1. The van der Waals surface area contributed by atoms with Gasteiger partial charge in [-0.05, 0) is 38.1 Å². The van der Waals surface area contributed by atoms with Gasteiger partial charge in [-0.2, -0.15) is 5.10 Å². The third kappa shape index (κ3) is 4.08. The Kier molecular flexibility index (Phi) is 5.13. The van der Waals surface area contributed by atoms with Gasteiger partial charge in [0, 0.05) is 29.6 Å². The number of nitrogens with zero attached hydrogens (tertiary/aromatic N) is 1. The summed E-state index contributed by atoms with van der Waals surface area (Å²) in [6, 6.07) is 6.23. The number of H-pyrrole nitrogens is 1. The fourth-order valence-electron chi connectivity index (χ4n) is 1.91. The first kappa shape index (κ1) is 15.6. The molecule has 1 aromatic carbocycles. The first-order valence-corrected chi connectivity index (χ1v) is 7.04. The minimum Gasteiger partial charge on any atom is -0.352 e. The summed E-state index contributed by atoms with van der Waals surface area (Å²) < 4.78 is 0. The molecule has 0 aliphatic heterocycles. The van der Waals surface area contributed by atoms with Crippen LogP contribution in [0.4, 0.5) is 10.5 Å². The Morgan fingerprint density at radius 1 is 1.27 bits per heavy atom. The summed E-state index contributed by atoms with van der Waals surface area (Å²) in [5.74, 6) is -0.132. The molecule has 1 unspecified atom stereocenters. The van der Waals surface area contributed by atoms with Crippen molar-refractivity contribution in [1.29, 1.82) is 0 Å². The SMILES string of the molecule is CCNC(=O)c1ccc(NC(=O)NC(C)c2cn[nH]c2)cc1. The van der Waals surface area contributed by atoms with E-state index in [9.17, 15) is 9.59 Å². The van der Waals surface area contributed by atoms with Crippen molar-refractivity contribution >= 4 is 17.6 Å². The Morgan fingerprint density at radius 2 is 2.00 bits per heavy atom. The van der Waals surface area contributed by atoms with Gasteiger partial charge in [0.05, 0.1) is 12.2 Å². The van der Waals surface area contributed by atoms with Gasteiger partial charge in [0.15, 0.2) is 0 Å². The molecule has 1 heterocycles. The third-order valence-electron chi connectivity index (χ3n) is 3.11. The summed E-state index contributed by atoms with van der Waals surface area (Å²) in [6.07, 6.45) is 3.39. The van der Waals surface area contributed by atoms with Gasteiger partial charge in [-0.3, -0.25) is 9.89 Å². The number of carbonyl (C=O) groups is 2. The molecule has 0 saturated carbocycles. The van der Waals surface area contributed by atoms with E-state index < -0.39 is 0 Å². The van der Waals surface area contributed by atoms with E-state index in [1.165, 1.54) is 0 Å². The molecule has 0 radical (unpaired) electrons. The normalized spacial score (nSPS) is 11.5. The molecule has 2 rings (SSSR count). The lowest BCUT2D eigenvalue weighted by molar-refractivity contribution is 0.0956. The number of hydrogen-bond acceptors (Lipinski definition) is 3. The topological polar surface area (TPSA) is 98.9 Å². The van der Waals surface area contributed by atoms with Gasteiger partial charge in [-0.1, -0.05) is 0 Å². The summed E-state index contributed by atoms with van der Waals surface area (Å²) in [7, 11) is 0. The van der Waals surface area contributed by atoms with Crippen LogP contribution in [0.5, 0.6) is 0 Å². The molecule has 0 spiro atoms. The summed E-state index contributed by atoms with van der Waals surface area (Å²) in [6.45, 7) is 4.30. The number of carbonyl (C=O) groups excluding carboxylic acids is 2. The smallest absolute Gasteiger partial charge is 0.319 e. The van der Waals surface area contributed by atoms with Crippen molar-refractivity contribution in [3.8, 4) is 0 Å². The Bertz CT molecular complexity index is 622. The zero-order valence-electron chi connectivity index (χ0n) is 12.5. The van der Waals surface area contributed by atoms with Crippen molar-refractivity contribution < 1.29 is 9.59 Å². The summed E-state index contributed by atoms with van der Waals surface area (Å²) in [4.78, 5) is 23.5. The number of rotatable bonds is 5. The predicted octanol–water partition coefficient (Wildman–Crippen LogP) is 2.04. The van der Waals surface area contributed by atoms with Crippen LogP contribution in [0.2, 0.25) is 0 Å². The number of aromatic nitrogens is 2. The minimum atomic E-state index is -0.320. The first-order chi connectivity index (χ1) is 10.6. The molecule has 22 heavy (non-hydrogen) atoms. The average Bonchev–Trinajstić information content (AvgIpc) is 3.02. The molecule has 7 nitrogen and oxygen atoms in total. The molecule has 0 aliphatic rings. The predicted molar refractivity (Wildman–Crippen MR) is 83.6 cm³/mol. The maximum absolute atomic E-state index is 11.9. The number of benzene rings is 1. The number of anilines is 1. The third-order valence-corrected chi connectivity index (χ3v) is 3.11. The quantitative estimate of drug-likeness (QED) is 0.680. The van der Waals surface area contributed by atoms with E-state index in [2.05, 4.69) is 26.1 Å². The molecule has 0 bridgehead atoms. The maximum Gasteiger partial charge on any atom is 0.319 e. The van der Waals surface area contributed by atoms with Gasteiger partial charge in [0.25, 0.3) is 5.91 Å². The molecule has 7 heteroatoms. The van der Waals surface area contributed by atoms with E-state index in [0.29, 0.717) is 17.8 Å². The van der Waals surface area contributed by atoms with Crippen molar-refractivity contribution in [2.45, 2.75) is 19.9 Å². The van der Waals surface area contributed by atoms with Crippen LogP contribution in [0.25, 0.3) is 0 Å². The maximum atomic E-state index is 11.9. The molecule has 1 aromatic heterocycles. The van der Waals surface area contributed by atoms with E-state index >= 15 is 0 Å². The molecule has 2 aromatic rings. The van der Waals surface area contributed by atoms with Crippen molar-refractivity contribution in [2.24, 2.45) is 0 Å². The largest absolute Gasteiger partial charge is 0.352 e. The molecule has 4 N–H and O–H groups in total.